The number of allylic oxidation sites excluding steroid dienone is 1. The molecular weight excluding hydrogens is 378 g/mol. The van der Waals surface area contributed by atoms with Crippen molar-refractivity contribution in [2.45, 2.75) is 4.90 Å². The minimum Gasteiger partial charge on any atom is -0.457 e. The standard InChI is InChI=1S/C17H10BrNO3S/c18-13-5-7-15(8-6-13)23(20,21)16(11-19)10-14-9-12-3-1-2-4-17(12)22-14/h1-10H/b16-10-. The van der Waals surface area contributed by atoms with Crippen LogP contribution in [0.2, 0.25) is 0 Å². The van der Waals surface area contributed by atoms with E-state index in [0.717, 1.165) is 9.86 Å². The molecule has 0 fully saturated rings. The third kappa shape index (κ3) is 3.07. The largest absolute Gasteiger partial charge is 0.457 e. The Hall–Kier alpha value is -2.36. The summed E-state index contributed by atoms with van der Waals surface area (Å²) in [4.78, 5) is -0.302. The third-order valence-corrected chi connectivity index (χ3v) is 5.45. The highest BCUT2D eigenvalue weighted by atomic mass is 79.9. The Morgan fingerprint density at radius 3 is 2.48 bits per heavy atom. The second-order valence-corrected chi connectivity index (χ2v) is 7.60. The molecule has 0 unspecified atom stereocenters. The quantitative estimate of drug-likeness (QED) is 0.618. The summed E-state index contributed by atoms with van der Waals surface area (Å²) in [6, 6.07) is 16.9. The van der Waals surface area contributed by atoms with Crippen LogP contribution in [0.25, 0.3) is 17.0 Å². The zero-order valence-corrected chi connectivity index (χ0v) is 14.1. The maximum Gasteiger partial charge on any atom is 0.216 e. The van der Waals surface area contributed by atoms with Crippen LogP contribution in [0.15, 0.2) is 73.3 Å². The normalized spacial score (nSPS) is 12.3. The summed E-state index contributed by atoms with van der Waals surface area (Å²) >= 11 is 3.25. The van der Waals surface area contributed by atoms with Crippen molar-refractivity contribution in [3.8, 4) is 6.07 Å². The molecule has 0 amide bonds. The number of hydrogen-bond acceptors (Lipinski definition) is 4. The molecule has 3 aromatic rings. The number of para-hydroxylation sites is 1. The average Bonchev–Trinajstić information content (AvgIpc) is 2.95. The average molecular weight is 388 g/mol. The molecule has 3 rings (SSSR count). The van der Waals surface area contributed by atoms with E-state index in [0.29, 0.717) is 11.3 Å². The molecule has 0 aliphatic heterocycles. The van der Waals surface area contributed by atoms with Crippen molar-refractivity contribution in [1.82, 2.24) is 0 Å². The molecule has 114 valence electrons. The molecule has 0 aliphatic rings. The fourth-order valence-corrected chi connectivity index (χ4v) is 3.52. The van der Waals surface area contributed by atoms with Gasteiger partial charge < -0.3 is 4.42 Å². The molecule has 0 N–H and O–H groups in total. The van der Waals surface area contributed by atoms with Crippen LogP contribution in [-0.4, -0.2) is 8.42 Å². The SMILES string of the molecule is N#C/C(=C/c1cc2ccccc2o1)S(=O)(=O)c1ccc(Br)cc1. The Labute approximate surface area is 141 Å². The number of hydrogen-bond donors (Lipinski definition) is 0. The molecular formula is C17H10BrNO3S. The fourth-order valence-electron chi connectivity index (χ4n) is 2.11. The second-order valence-electron chi connectivity index (χ2n) is 4.76. The predicted molar refractivity (Wildman–Crippen MR) is 91.1 cm³/mol. The molecule has 0 saturated heterocycles. The molecule has 0 radical (unpaired) electrons. The topological polar surface area (TPSA) is 71.1 Å². The van der Waals surface area contributed by atoms with E-state index in [1.54, 1.807) is 30.3 Å². The lowest BCUT2D eigenvalue weighted by Crippen LogP contribution is -2.03. The molecule has 4 nitrogen and oxygen atoms in total. The van der Waals surface area contributed by atoms with Crippen LogP contribution < -0.4 is 0 Å². The van der Waals surface area contributed by atoms with E-state index in [1.165, 1.54) is 18.2 Å². The van der Waals surface area contributed by atoms with E-state index < -0.39 is 9.84 Å². The number of benzene rings is 2. The zero-order chi connectivity index (χ0) is 16.4. The summed E-state index contributed by atoms with van der Waals surface area (Å²) in [5.74, 6) is 0.323. The lowest BCUT2D eigenvalue weighted by atomic mass is 10.2. The van der Waals surface area contributed by atoms with Crippen molar-refractivity contribution < 1.29 is 12.8 Å². The smallest absolute Gasteiger partial charge is 0.216 e. The first-order valence-electron chi connectivity index (χ1n) is 6.62. The number of halogens is 1. The molecule has 0 saturated carbocycles. The maximum atomic E-state index is 12.5. The van der Waals surface area contributed by atoms with Crippen LogP contribution in [-0.2, 0) is 9.84 Å². The summed E-state index contributed by atoms with van der Waals surface area (Å²) in [5.41, 5.74) is 0.636. The monoisotopic (exact) mass is 387 g/mol. The molecule has 0 atom stereocenters. The van der Waals surface area contributed by atoms with Gasteiger partial charge in [-0.2, -0.15) is 5.26 Å². The van der Waals surface area contributed by atoms with Crippen molar-refractivity contribution in [3.63, 3.8) is 0 Å². The molecule has 2 aromatic carbocycles. The first-order chi connectivity index (χ1) is 11.0. The van der Waals surface area contributed by atoms with E-state index in [9.17, 15) is 13.7 Å². The third-order valence-electron chi connectivity index (χ3n) is 3.24. The molecule has 6 heteroatoms. The Morgan fingerprint density at radius 2 is 1.83 bits per heavy atom. The minimum absolute atomic E-state index is 0.0598. The highest BCUT2D eigenvalue weighted by Crippen LogP contribution is 2.25. The molecule has 1 aromatic heterocycles. The summed E-state index contributed by atoms with van der Waals surface area (Å²) in [6.07, 6.45) is 1.25. The molecule has 23 heavy (non-hydrogen) atoms. The zero-order valence-electron chi connectivity index (χ0n) is 11.7. The van der Waals surface area contributed by atoms with Crippen LogP contribution in [0.3, 0.4) is 0 Å². The van der Waals surface area contributed by atoms with Crippen molar-refractivity contribution >= 4 is 42.8 Å². The van der Waals surface area contributed by atoms with Crippen molar-refractivity contribution in [2.24, 2.45) is 0 Å². The highest BCUT2D eigenvalue weighted by Gasteiger charge is 2.21. The molecule has 0 bridgehead atoms. The lowest BCUT2D eigenvalue weighted by molar-refractivity contribution is 0.599. The first-order valence-corrected chi connectivity index (χ1v) is 8.89. The number of nitriles is 1. The van der Waals surface area contributed by atoms with Crippen LogP contribution in [0, 0.1) is 11.3 Å². The number of sulfone groups is 1. The summed E-state index contributed by atoms with van der Waals surface area (Å²) in [6.45, 7) is 0. The van der Waals surface area contributed by atoms with Gasteiger partial charge in [-0.3, -0.25) is 0 Å². The van der Waals surface area contributed by atoms with E-state index >= 15 is 0 Å². The van der Waals surface area contributed by atoms with Crippen LogP contribution >= 0.6 is 15.9 Å². The van der Waals surface area contributed by atoms with Gasteiger partial charge in [0.05, 0.1) is 4.90 Å². The highest BCUT2D eigenvalue weighted by molar-refractivity contribution is 9.10. The number of nitrogens with zero attached hydrogens (tertiary/aromatic N) is 1. The van der Waals surface area contributed by atoms with Gasteiger partial charge in [-0.15, -0.1) is 0 Å². The van der Waals surface area contributed by atoms with Gasteiger partial charge in [0.25, 0.3) is 0 Å². The molecule has 1 heterocycles. The van der Waals surface area contributed by atoms with Crippen molar-refractivity contribution in [2.75, 3.05) is 0 Å². The van der Waals surface area contributed by atoms with Gasteiger partial charge in [-0.1, -0.05) is 34.1 Å². The van der Waals surface area contributed by atoms with Gasteiger partial charge in [-0.25, -0.2) is 8.42 Å². The molecule has 0 spiro atoms. The molecule has 0 aliphatic carbocycles. The Bertz CT molecular complexity index is 1010. The maximum absolute atomic E-state index is 12.5. The van der Waals surface area contributed by atoms with Crippen LogP contribution in [0.5, 0.6) is 0 Å². The van der Waals surface area contributed by atoms with Gasteiger partial charge >= 0.3 is 0 Å². The number of furan rings is 1. The summed E-state index contributed by atoms with van der Waals surface area (Å²) in [5, 5.41) is 10.1. The van der Waals surface area contributed by atoms with Gasteiger partial charge in [0.1, 0.15) is 17.4 Å². The predicted octanol–water partition coefficient (Wildman–Crippen LogP) is 4.53. The Morgan fingerprint density at radius 1 is 1.13 bits per heavy atom. The first kappa shape index (κ1) is 15.5. The minimum atomic E-state index is -3.88. The van der Waals surface area contributed by atoms with Crippen molar-refractivity contribution in [3.05, 3.63) is 69.7 Å². The Balaban J connectivity index is 2.07. The van der Waals surface area contributed by atoms with Gasteiger partial charge in [0.2, 0.25) is 9.84 Å². The van der Waals surface area contributed by atoms with E-state index in [1.807, 2.05) is 18.2 Å². The Kier molecular flexibility index (Phi) is 4.07. The van der Waals surface area contributed by atoms with Gasteiger partial charge in [0, 0.05) is 15.9 Å². The van der Waals surface area contributed by atoms with Crippen LogP contribution in [0.1, 0.15) is 5.76 Å². The van der Waals surface area contributed by atoms with Crippen molar-refractivity contribution in [1.29, 1.82) is 5.26 Å². The summed E-state index contributed by atoms with van der Waals surface area (Å²) in [7, 11) is -3.88. The van der Waals surface area contributed by atoms with Gasteiger partial charge in [0.15, 0.2) is 4.91 Å². The van der Waals surface area contributed by atoms with Gasteiger partial charge in [-0.05, 0) is 36.4 Å². The lowest BCUT2D eigenvalue weighted by Gasteiger charge is -2.02. The summed E-state index contributed by atoms with van der Waals surface area (Å²) < 4.78 is 31.4. The van der Waals surface area contributed by atoms with E-state index in [-0.39, 0.29) is 9.80 Å². The second kappa shape index (κ2) is 6.03. The number of rotatable bonds is 3. The van der Waals surface area contributed by atoms with E-state index in [4.69, 9.17) is 4.42 Å². The van der Waals surface area contributed by atoms with Crippen LogP contribution in [0.4, 0.5) is 0 Å². The fraction of sp³-hybridized carbons (Fsp3) is 0. The number of fused-ring (bicyclic) bond motifs is 1. The van der Waals surface area contributed by atoms with E-state index in [2.05, 4.69) is 15.9 Å².